The third kappa shape index (κ3) is 3.18. The lowest BCUT2D eigenvalue weighted by Crippen LogP contribution is -2.31. The molecule has 2 heteroatoms. The molecule has 19 heavy (non-hydrogen) atoms. The predicted molar refractivity (Wildman–Crippen MR) is 80.2 cm³/mol. The van der Waals surface area contributed by atoms with Crippen molar-refractivity contribution in [1.82, 2.24) is 4.90 Å². The van der Waals surface area contributed by atoms with Gasteiger partial charge in [-0.1, -0.05) is 49.6 Å². The van der Waals surface area contributed by atoms with Crippen LogP contribution in [0, 0.1) is 5.92 Å². The summed E-state index contributed by atoms with van der Waals surface area (Å²) in [6.45, 7) is 3.51. The van der Waals surface area contributed by atoms with Crippen molar-refractivity contribution >= 4 is 0 Å². The second-order valence-electron chi connectivity index (χ2n) is 6.40. The van der Waals surface area contributed by atoms with Crippen LogP contribution >= 0.6 is 0 Å². The van der Waals surface area contributed by atoms with E-state index in [9.17, 15) is 0 Å². The Kier molecular flexibility index (Phi) is 4.19. The van der Waals surface area contributed by atoms with Gasteiger partial charge in [0, 0.05) is 31.6 Å². The lowest BCUT2D eigenvalue weighted by atomic mass is 9.89. The van der Waals surface area contributed by atoms with Crippen LogP contribution in [0.25, 0.3) is 0 Å². The first-order valence-corrected chi connectivity index (χ1v) is 7.86. The highest BCUT2D eigenvalue weighted by Gasteiger charge is 2.32. The van der Waals surface area contributed by atoms with Gasteiger partial charge in [0.1, 0.15) is 0 Å². The van der Waals surface area contributed by atoms with Gasteiger partial charge in [-0.15, -0.1) is 0 Å². The number of benzene rings is 1. The molecule has 0 spiro atoms. The summed E-state index contributed by atoms with van der Waals surface area (Å²) in [5.41, 5.74) is 7.78. The van der Waals surface area contributed by atoms with Gasteiger partial charge in [0.15, 0.2) is 0 Å². The molecule has 0 radical (unpaired) electrons. The van der Waals surface area contributed by atoms with Crippen molar-refractivity contribution in [3.05, 3.63) is 35.9 Å². The number of hydrogen-bond acceptors (Lipinski definition) is 2. The Morgan fingerprint density at radius 1 is 1.00 bits per heavy atom. The molecule has 2 atom stereocenters. The zero-order valence-corrected chi connectivity index (χ0v) is 11.8. The van der Waals surface area contributed by atoms with Crippen molar-refractivity contribution in [2.24, 2.45) is 11.7 Å². The molecule has 2 aliphatic rings. The summed E-state index contributed by atoms with van der Waals surface area (Å²) in [6.07, 6.45) is 7.19. The van der Waals surface area contributed by atoms with Crippen LogP contribution in [0.3, 0.4) is 0 Å². The standard InChI is InChI=1S/C17H26N2/c18-17-13-19(11-14-7-3-1-4-8-14)12-16(17)15-9-5-2-6-10-15/h2,5-6,9-10,14,16-17H,1,3-4,7-8,11-13,18H2/t16-,17+/m0/s1. The Hall–Kier alpha value is -0.860. The quantitative estimate of drug-likeness (QED) is 0.903. The molecular formula is C17H26N2. The van der Waals surface area contributed by atoms with E-state index in [2.05, 4.69) is 35.2 Å². The van der Waals surface area contributed by atoms with Crippen molar-refractivity contribution in [2.75, 3.05) is 19.6 Å². The number of nitrogens with two attached hydrogens (primary N) is 1. The monoisotopic (exact) mass is 258 g/mol. The van der Waals surface area contributed by atoms with Gasteiger partial charge in [0.05, 0.1) is 0 Å². The van der Waals surface area contributed by atoms with E-state index in [1.165, 1.54) is 44.2 Å². The van der Waals surface area contributed by atoms with Gasteiger partial charge in [0.25, 0.3) is 0 Å². The second kappa shape index (κ2) is 6.06. The molecule has 1 heterocycles. The van der Waals surface area contributed by atoms with Crippen LogP contribution in [-0.2, 0) is 0 Å². The van der Waals surface area contributed by atoms with E-state index < -0.39 is 0 Å². The van der Waals surface area contributed by atoms with Crippen LogP contribution < -0.4 is 5.73 Å². The molecule has 1 saturated carbocycles. The van der Waals surface area contributed by atoms with Crippen LogP contribution in [0.2, 0.25) is 0 Å². The first kappa shape index (κ1) is 13.1. The maximum Gasteiger partial charge on any atom is 0.0249 e. The molecule has 2 nitrogen and oxygen atoms in total. The number of nitrogens with zero attached hydrogens (tertiary/aromatic N) is 1. The Labute approximate surface area is 117 Å². The topological polar surface area (TPSA) is 29.3 Å². The molecule has 0 bridgehead atoms. The first-order chi connectivity index (χ1) is 9.33. The van der Waals surface area contributed by atoms with Crippen LogP contribution in [0.4, 0.5) is 0 Å². The van der Waals surface area contributed by atoms with E-state index in [0.717, 1.165) is 19.0 Å². The van der Waals surface area contributed by atoms with Gasteiger partial charge < -0.3 is 10.6 Å². The van der Waals surface area contributed by atoms with Gasteiger partial charge >= 0.3 is 0 Å². The third-order valence-corrected chi connectivity index (χ3v) is 4.91. The van der Waals surface area contributed by atoms with E-state index in [1.807, 2.05) is 0 Å². The SMILES string of the molecule is N[C@@H]1CN(CC2CCCCC2)C[C@H]1c1ccccc1. The molecule has 2 fully saturated rings. The van der Waals surface area contributed by atoms with Gasteiger partial charge in [-0.3, -0.25) is 0 Å². The van der Waals surface area contributed by atoms with E-state index in [4.69, 9.17) is 5.73 Å². The zero-order chi connectivity index (χ0) is 13.1. The van der Waals surface area contributed by atoms with Crippen LogP contribution in [0.5, 0.6) is 0 Å². The highest BCUT2D eigenvalue weighted by Crippen LogP contribution is 2.30. The molecule has 3 rings (SSSR count). The fourth-order valence-electron chi connectivity index (χ4n) is 3.85. The fourth-order valence-corrected chi connectivity index (χ4v) is 3.85. The highest BCUT2D eigenvalue weighted by atomic mass is 15.2. The Morgan fingerprint density at radius 2 is 1.74 bits per heavy atom. The number of rotatable bonds is 3. The second-order valence-corrected chi connectivity index (χ2v) is 6.40. The first-order valence-electron chi connectivity index (χ1n) is 7.86. The van der Waals surface area contributed by atoms with Crippen LogP contribution in [0.1, 0.15) is 43.6 Å². The molecule has 1 aliphatic heterocycles. The average molecular weight is 258 g/mol. The van der Waals surface area contributed by atoms with E-state index in [1.54, 1.807) is 0 Å². The molecule has 1 aliphatic carbocycles. The zero-order valence-electron chi connectivity index (χ0n) is 11.8. The molecule has 104 valence electrons. The Morgan fingerprint density at radius 3 is 2.47 bits per heavy atom. The minimum absolute atomic E-state index is 0.311. The largest absolute Gasteiger partial charge is 0.326 e. The van der Waals surface area contributed by atoms with Crippen LogP contribution in [-0.4, -0.2) is 30.6 Å². The minimum atomic E-state index is 0.311. The van der Waals surface area contributed by atoms with E-state index in [0.29, 0.717) is 12.0 Å². The lowest BCUT2D eigenvalue weighted by molar-refractivity contribution is 0.230. The summed E-state index contributed by atoms with van der Waals surface area (Å²) < 4.78 is 0. The van der Waals surface area contributed by atoms with Gasteiger partial charge in [-0.2, -0.15) is 0 Å². The Balaban J connectivity index is 1.58. The summed E-state index contributed by atoms with van der Waals surface area (Å²) in [7, 11) is 0. The predicted octanol–water partition coefficient (Wildman–Crippen LogP) is 2.99. The molecule has 1 saturated heterocycles. The number of hydrogen-bond donors (Lipinski definition) is 1. The normalized spacial score (nSPS) is 29.7. The van der Waals surface area contributed by atoms with Gasteiger partial charge in [-0.05, 0) is 24.3 Å². The van der Waals surface area contributed by atoms with Crippen molar-refractivity contribution < 1.29 is 0 Å². The average Bonchev–Trinajstić information content (AvgIpc) is 2.82. The summed E-state index contributed by atoms with van der Waals surface area (Å²) >= 11 is 0. The maximum atomic E-state index is 6.36. The molecule has 0 aromatic heterocycles. The lowest BCUT2D eigenvalue weighted by Gasteiger charge is -2.26. The van der Waals surface area contributed by atoms with Crippen molar-refractivity contribution in [2.45, 2.75) is 44.1 Å². The summed E-state index contributed by atoms with van der Waals surface area (Å²) in [6, 6.07) is 11.1. The third-order valence-electron chi connectivity index (χ3n) is 4.91. The van der Waals surface area contributed by atoms with E-state index >= 15 is 0 Å². The van der Waals surface area contributed by atoms with Gasteiger partial charge in [0.2, 0.25) is 0 Å². The number of likely N-dealkylation sites (tertiary alicyclic amines) is 1. The minimum Gasteiger partial charge on any atom is -0.326 e. The molecule has 2 N–H and O–H groups in total. The summed E-state index contributed by atoms with van der Waals surface area (Å²) in [4.78, 5) is 2.61. The fraction of sp³-hybridized carbons (Fsp3) is 0.647. The maximum absolute atomic E-state index is 6.36. The summed E-state index contributed by atoms with van der Waals surface area (Å²) in [5, 5.41) is 0. The van der Waals surface area contributed by atoms with Gasteiger partial charge in [-0.25, -0.2) is 0 Å². The molecule has 0 amide bonds. The molecule has 1 aromatic rings. The van der Waals surface area contributed by atoms with Crippen molar-refractivity contribution in [1.29, 1.82) is 0 Å². The Bertz CT molecular complexity index is 384. The summed E-state index contributed by atoms with van der Waals surface area (Å²) in [5.74, 6) is 1.46. The molecular weight excluding hydrogens is 232 g/mol. The molecule has 0 unspecified atom stereocenters. The van der Waals surface area contributed by atoms with Crippen molar-refractivity contribution in [3.63, 3.8) is 0 Å². The van der Waals surface area contributed by atoms with Crippen LogP contribution in [0.15, 0.2) is 30.3 Å². The smallest absolute Gasteiger partial charge is 0.0249 e. The molecule has 1 aromatic carbocycles. The van der Waals surface area contributed by atoms with E-state index in [-0.39, 0.29) is 0 Å². The van der Waals surface area contributed by atoms with Crippen molar-refractivity contribution in [3.8, 4) is 0 Å². The highest BCUT2D eigenvalue weighted by molar-refractivity contribution is 5.23.